The summed E-state index contributed by atoms with van der Waals surface area (Å²) in [5, 5.41) is 9.74. The number of carboxylic acid groups (broad SMARTS) is 1. The van der Waals surface area contributed by atoms with E-state index in [0.717, 1.165) is 10.2 Å². The minimum Gasteiger partial charge on any atom is -0.481 e. The molecule has 0 atom stereocenters. The van der Waals surface area contributed by atoms with Crippen LogP contribution in [0.15, 0.2) is 48.5 Å². The van der Waals surface area contributed by atoms with Crippen LogP contribution in [-0.2, 0) is 4.79 Å². The second-order valence-corrected chi connectivity index (χ2v) is 6.17. The number of halogens is 2. The van der Waals surface area contributed by atoms with Gasteiger partial charge in [-0.05, 0) is 29.8 Å². The molecule has 0 bridgehead atoms. The van der Waals surface area contributed by atoms with Gasteiger partial charge >= 0.3 is 12.6 Å². The maximum atomic E-state index is 12.6. The number of ether oxygens (including phenoxy) is 1. The van der Waals surface area contributed by atoms with E-state index in [0.29, 0.717) is 16.1 Å². The van der Waals surface area contributed by atoms with Gasteiger partial charge in [0.2, 0.25) is 0 Å². The Bertz CT molecular complexity index is 904. The Balaban J connectivity index is 2.07. The first-order chi connectivity index (χ1) is 12.0. The Labute approximate surface area is 146 Å². The highest BCUT2D eigenvalue weighted by Gasteiger charge is 2.14. The molecule has 3 aromatic rings. The number of fused-ring (bicyclic) bond motifs is 1. The highest BCUT2D eigenvalue weighted by Crippen LogP contribution is 2.32. The molecule has 1 aromatic heterocycles. The molecule has 0 amide bonds. The number of hydrogen-bond acceptors (Lipinski definition) is 4. The first kappa shape index (κ1) is 17.0. The summed E-state index contributed by atoms with van der Waals surface area (Å²) in [4.78, 5) is 15.7. The summed E-state index contributed by atoms with van der Waals surface area (Å²) in [7, 11) is 0. The van der Waals surface area contributed by atoms with Gasteiger partial charge in [0.15, 0.2) is 0 Å². The molecule has 0 spiro atoms. The quantitative estimate of drug-likeness (QED) is 0.677. The average Bonchev–Trinajstić information content (AvgIpc) is 2.99. The van der Waals surface area contributed by atoms with E-state index in [2.05, 4.69) is 9.72 Å². The fourth-order valence-corrected chi connectivity index (χ4v) is 3.33. The third-order valence-electron chi connectivity index (χ3n) is 3.38. The third-order valence-corrected chi connectivity index (χ3v) is 4.49. The second kappa shape index (κ2) is 7.40. The number of aliphatic carboxylic acids is 1. The molecule has 1 heterocycles. The van der Waals surface area contributed by atoms with Crippen LogP contribution in [0.4, 0.5) is 8.78 Å². The van der Waals surface area contributed by atoms with Crippen molar-refractivity contribution in [2.45, 2.75) is 13.0 Å². The van der Waals surface area contributed by atoms with Gasteiger partial charge in [0.05, 0.1) is 16.6 Å². The second-order valence-electron chi connectivity index (χ2n) is 5.14. The maximum absolute atomic E-state index is 12.6. The van der Waals surface area contributed by atoms with Crippen LogP contribution in [0.2, 0.25) is 0 Å². The van der Waals surface area contributed by atoms with Crippen molar-refractivity contribution in [1.82, 2.24) is 4.98 Å². The van der Waals surface area contributed by atoms with Gasteiger partial charge in [-0.2, -0.15) is 8.78 Å². The van der Waals surface area contributed by atoms with Crippen LogP contribution in [0.5, 0.6) is 5.75 Å². The molecule has 25 heavy (non-hydrogen) atoms. The summed E-state index contributed by atoms with van der Waals surface area (Å²) in [5.74, 6) is -1.04. The van der Waals surface area contributed by atoms with E-state index < -0.39 is 12.6 Å². The topological polar surface area (TPSA) is 59.4 Å². The molecule has 128 valence electrons. The molecule has 0 fully saturated rings. The van der Waals surface area contributed by atoms with Gasteiger partial charge in [-0.25, -0.2) is 4.98 Å². The number of carbonyl (C=O) groups is 1. The third kappa shape index (κ3) is 4.19. The summed E-state index contributed by atoms with van der Waals surface area (Å²) in [6.07, 6.45) is 1.26. The Morgan fingerprint density at radius 1 is 1.20 bits per heavy atom. The van der Waals surface area contributed by atoms with Crippen molar-refractivity contribution < 1.29 is 23.4 Å². The fraction of sp³-hybridized carbons (Fsp3) is 0.111. The lowest BCUT2D eigenvalue weighted by atomic mass is 10.1. The molecular weight excluding hydrogens is 348 g/mol. The van der Waals surface area contributed by atoms with Crippen molar-refractivity contribution in [3.63, 3.8) is 0 Å². The Morgan fingerprint density at radius 2 is 1.92 bits per heavy atom. The number of para-hydroxylation sites is 2. The van der Waals surface area contributed by atoms with Gasteiger partial charge in [-0.15, -0.1) is 11.3 Å². The molecule has 2 aromatic carbocycles. The fourth-order valence-electron chi connectivity index (χ4n) is 2.35. The van der Waals surface area contributed by atoms with Crippen LogP contribution in [0, 0.1) is 0 Å². The molecular formula is C18H13F2NO3S. The van der Waals surface area contributed by atoms with Gasteiger partial charge in [0.1, 0.15) is 10.8 Å². The number of rotatable bonds is 6. The zero-order valence-electron chi connectivity index (χ0n) is 12.9. The van der Waals surface area contributed by atoms with Crippen molar-refractivity contribution in [1.29, 1.82) is 0 Å². The first-order valence-corrected chi connectivity index (χ1v) is 8.17. The standard InChI is InChI=1S/C18H13F2NO3S/c19-18(20)24-14-7-3-1-5-11(14)9-12(10-16(22)23)17-21-13-6-2-4-8-15(13)25-17/h1-9,18H,10H2,(H,22,23). The highest BCUT2D eigenvalue weighted by molar-refractivity contribution is 7.19. The van der Waals surface area contributed by atoms with E-state index in [1.54, 1.807) is 18.2 Å². The van der Waals surface area contributed by atoms with Crippen LogP contribution in [0.3, 0.4) is 0 Å². The predicted molar refractivity (Wildman–Crippen MR) is 92.8 cm³/mol. The number of nitrogens with zero attached hydrogens (tertiary/aromatic N) is 1. The molecule has 0 unspecified atom stereocenters. The summed E-state index contributed by atoms with van der Waals surface area (Å²) < 4.78 is 30.6. The number of hydrogen-bond donors (Lipinski definition) is 1. The summed E-state index contributed by atoms with van der Waals surface area (Å²) >= 11 is 1.35. The number of alkyl halides is 2. The van der Waals surface area contributed by atoms with E-state index in [9.17, 15) is 18.7 Å². The molecule has 1 N–H and O–H groups in total. The van der Waals surface area contributed by atoms with Crippen molar-refractivity contribution in [2.75, 3.05) is 0 Å². The van der Waals surface area contributed by atoms with E-state index >= 15 is 0 Å². The molecule has 0 aliphatic rings. The van der Waals surface area contributed by atoms with Crippen molar-refractivity contribution >= 4 is 39.2 Å². The van der Waals surface area contributed by atoms with Crippen LogP contribution >= 0.6 is 11.3 Å². The van der Waals surface area contributed by atoms with Gasteiger partial charge in [0, 0.05) is 5.56 Å². The number of aromatic nitrogens is 1. The summed E-state index contributed by atoms with van der Waals surface area (Å²) in [6.45, 7) is -2.96. The van der Waals surface area contributed by atoms with Gasteiger partial charge in [-0.3, -0.25) is 4.79 Å². The van der Waals surface area contributed by atoms with Crippen LogP contribution in [0.1, 0.15) is 17.0 Å². The number of carboxylic acids is 1. The van der Waals surface area contributed by atoms with E-state index in [1.165, 1.54) is 23.5 Å². The monoisotopic (exact) mass is 361 g/mol. The predicted octanol–water partition coefficient (Wildman–Crippen LogP) is 4.91. The lowest BCUT2D eigenvalue weighted by Crippen LogP contribution is -2.03. The zero-order chi connectivity index (χ0) is 17.8. The normalized spacial score (nSPS) is 11.9. The largest absolute Gasteiger partial charge is 0.481 e. The van der Waals surface area contributed by atoms with Gasteiger partial charge in [-0.1, -0.05) is 30.3 Å². The molecule has 0 radical (unpaired) electrons. The summed E-state index contributed by atoms with van der Waals surface area (Å²) in [5.41, 5.74) is 1.56. The van der Waals surface area contributed by atoms with Crippen molar-refractivity contribution in [3.8, 4) is 5.75 Å². The molecule has 0 aliphatic heterocycles. The van der Waals surface area contributed by atoms with E-state index in [4.69, 9.17) is 0 Å². The molecule has 0 saturated heterocycles. The van der Waals surface area contributed by atoms with E-state index in [1.807, 2.05) is 24.3 Å². The summed E-state index contributed by atoms with van der Waals surface area (Å²) in [6, 6.07) is 13.7. The molecule has 4 nitrogen and oxygen atoms in total. The minimum atomic E-state index is -2.96. The number of benzene rings is 2. The van der Waals surface area contributed by atoms with Crippen LogP contribution < -0.4 is 4.74 Å². The minimum absolute atomic E-state index is 0.0125. The Hall–Kier alpha value is -2.80. The Morgan fingerprint density at radius 3 is 2.64 bits per heavy atom. The van der Waals surface area contributed by atoms with E-state index in [-0.39, 0.29) is 12.2 Å². The molecule has 0 aliphatic carbocycles. The van der Waals surface area contributed by atoms with Crippen LogP contribution in [0.25, 0.3) is 21.9 Å². The van der Waals surface area contributed by atoms with Crippen molar-refractivity contribution in [3.05, 3.63) is 59.1 Å². The molecule has 3 rings (SSSR count). The zero-order valence-corrected chi connectivity index (χ0v) is 13.7. The molecule has 7 heteroatoms. The lowest BCUT2D eigenvalue weighted by molar-refractivity contribution is -0.135. The van der Waals surface area contributed by atoms with Gasteiger partial charge in [0.25, 0.3) is 0 Å². The smallest absolute Gasteiger partial charge is 0.387 e. The average molecular weight is 361 g/mol. The van der Waals surface area contributed by atoms with Crippen LogP contribution in [-0.4, -0.2) is 22.7 Å². The number of thiazole rings is 1. The van der Waals surface area contributed by atoms with Gasteiger partial charge < -0.3 is 9.84 Å². The molecule has 0 saturated carbocycles. The Kier molecular flexibility index (Phi) is 5.04. The highest BCUT2D eigenvalue weighted by atomic mass is 32.1. The lowest BCUT2D eigenvalue weighted by Gasteiger charge is -2.09. The first-order valence-electron chi connectivity index (χ1n) is 7.35. The maximum Gasteiger partial charge on any atom is 0.387 e. The SMILES string of the molecule is O=C(O)CC(=Cc1ccccc1OC(F)F)c1nc2ccccc2s1. The van der Waals surface area contributed by atoms with Crippen molar-refractivity contribution in [2.24, 2.45) is 0 Å².